The van der Waals surface area contributed by atoms with Crippen LogP contribution in [0.3, 0.4) is 0 Å². The first-order valence-corrected chi connectivity index (χ1v) is 6.51. The van der Waals surface area contributed by atoms with Gasteiger partial charge in [0.2, 0.25) is 5.91 Å². The molecule has 1 aliphatic heterocycles. The lowest BCUT2D eigenvalue weighted by atomic mass is 10.1. The van der Waals surface area contributed by atoms with Gasteiger partial charge in [-0.05, 0) is 35.9 Å². The average Bonchev–Trinajstić information content (AvgIpc) is 2.85. The maximum atomic E-state index is 12.2. The van der Waals surface area contributed by atoms with Gasteiger partial charge in [-0.15, -0.1) is 12.4 Å². The molecule has 1 unspecified atom stereocenters. The molecule has 2 aromatic rings. The molecule has 0 saturated heterocycles. The number of fused-ring (bicyclic) bond motifs is 1. The number of rotatable bonds is 2. The van der Waals surface area contributed by atoms with Crippen molar-refractivity contribution in [2.75, 3.05) is 10.6 Å². The molecule has 1 atom stereocenters. The summed E-state index contributed by atoms with van der Waals surface area (Å²) < 4.78 is 0. The van der Waals surface area contributed by atoms with Gasteiger partial charge >= 0.3 is 0 Å². The fourth-order valence-electron chi connectivity index (χ4n) is 2.22. The van der Waals surface area contributed by atoms with Crippen LogP contribution in [0.2, 0.25) is 5.02 Å². The number of halogens is 2. The molecule has 20 heavy (non-hydrogen) atoms. The third kappa shape index (κ3) is 3.06. The van der Waals surface area contributed by atoms with Gasteiger partial charge in [0.1, 0.15) is 6.04 Å². The van der Waals surface area contributed by atoms with Crippen LogP contribution < -0.4 is 10.6 Å². The lowest BCUT2D eigenvalue weighted by Gasteiger charge is -2.12. The molecule has 0 fully saturated rings. The second-order valence-electron chi connectivity index (χ2n) is 4.55. The monoisotopic (exact) mass is 308 g/mol. The first-order chi connectivity index (χ1) is 9.22. The van der Waals surface area contributed by atoms with Crippen molar-refractivity contribution in [1.29, 1.82) is 0 Å². The molecule has 2 N–H and O–H groups in total. The molecule has 2 aromatic carbocycles. The quantitative estimate of drug-likeness (QED) is 0.887. The van der Waals surface area contributed by atoms with Gasteiger partial charge in [-0.25, -0.2) is 0 Å². The Kier molecular flexibility index (Phi) is 4.53. The van der Waals surface area contributed by atoms with Crippen LogP contribution in [0.4, 0.5) is 11.4 Å². The molecule has 0 aliphatic carbocycles. The van der Waals surface area contributed by atoms with Gasteiger partial charge in [-0.3, -0.25) is 4.79 Å². The van der Waals surface area contributed by atoms with E-state index in [9.17, 15) is 4.79 Å². The number of carbonyl (C=O) groups is 1. The van der Waals surface area contributed by atoms with Crippen molar-refractivity contribution in [3.05, 3.63) is 59.1 Å². The minimum absolute atomic E-state index is 0. The van der Waals surface area contributed by atoms with Crippen LogP contribution in [-0.4, -0.2) is 11.9 Å². The van der Waals surface area contributed by atoms with Crippen molar-refractivity contribution in [1.82, 2.24) is 0 Å². The second-order valence-corrected chi connectivity index (χ2v) is 4.99. The zero-order valence-electron chi connectivity index (χ0n) is 10.6. The van der Waals surface area contributed by atoms with Crippen molar-refractivity contribution >= 4 is 41.3 Å². The summed E-state index contributed by atoms with van der Waals surface area (Å²) in [5, 5.41) is 6.77. The molecule has 0 spiro atoms. The van der Waals surface area contributed by atoms with Crippen LogP contribution in [0.5, 0.6) is 0 Å². The zero-order chi connectivity index (χ0) is 13.2. The molecule has 1 heterocycles. The normalized spacial score (nSPS) is 15.8. The number of hydrogen-bond donors (Lipinski definition) is 2. The van der Waals surface area contributed by atoms with Crippen LogP contribution in [-0.2, 0) is 11.2 Å². The molecule has 5 heteroatoms. The number of hydrogen-bond acceptors (Lipinski definition) is 2. The van der Waals surface area contributed by atoms with E-state index in [1.165, 1.54) is 5.56 Å². The maximum Gasteiger partial charge on any atom is 0.247 e. The largest absolute Gasteiger partial charge is 0.373 e. The molecule has 0 radical (unpaired) electrons. The van der Waals surface area contributed by atoms with Gasteiger partial charge in [-0.1, -0.05) is 29.8 Å². The van der Waals surface area contributed by atoms with Crippen LogP contribution in [0, 0.1) is 0 Å². The van der Waals surface area contributed by atoms with Gasteiger partial charge in [0.05, 0.1) is 0 Å². The Balaban J connectivity index is 0.00000147. The Morgan fingerprint density at radius 3 is 2.55 bits per heavy atom. The Morgan fingerprint density at radius 1 is 1.15 bits per heavy atom. The lowest BCUT2D eigenvalue weighted by Crippen LogP contribution is -2.32. The summed E-state index contributed by atoms with van der Waals surface area (Å²) in [7, 11) is 0. The third-order valence-corrected chi connectivity index (χ3v) is 3.45. The van der Waals surface area contributed by atoms with Crippen molar-refractivity contribution in [3.8, 4) is 0 Å². The van der Waals surface area contributed by atoms with Crippen molar-refractivity contribution in [2.45, 2.75) is 12.5 Å². The lowest BCUT2D eigenvalue weighted by molar-refractivity contribution is -0.116. The molecular formula is C15H14Cl2N2O. The standard InChI is InChI=1S/C15H13ClN2O.ClH/c16-11-5-7-12(8-6-11)17-15(19)14-9-10-3-1-2-4-13(10)18-14;/h1-8,14,18H,9H2,(H,17,19);1H. The smallest absolute Gasteiger partial charge is 0.247 e. The maximum absolute atomic E-state index is 12.2. The summed E-state index contributed by atoms with van der Waals surface area (Å²) in [6.45, 7) is 0. The van der Waals surface area contributed by atoms with E-state index < -0.39 is 0 Å². The Hall–Kier alpha value is -1.71. The Morgan fingerprint density at radius 2 is 1.85 bits per heavy atom. The predicted molar refractivity (Wildman–Crippen MR) is 84.9 cm³/mol. The summed E-state index contributed by atoms with van der Waals surface area (Å²) >= 11 is 5.81. The number of anilines is 2. The van der Waals surface area contributed by atoms with Crippen LogP contribution in [0.15, 0.2) is 48.5 Å². The van der Waals surface area contributed by atoms with Crippen LogP contribution >= 0.6 is 24.0 Å². The van der Waals surface area contributed by atoms with E-state index in [1.54, 1.807) is 24.3 Å². The molecule has 104 valence electrons. The fourth-order valence-corrected chi connectivity index (χ4v) is 2.34. The predicted octanol–water partition coefficient (Wildman–Crippen LogP) is 3.74. The number of carbonyl (C=O) groups excluding carboxylic acids is 1. The number of nitrogens with one attached hydrogen (secondary N) is 2. The van der Waals surface area contributed by atoms with Crippen LogP contribution in [0.1, 0.15) is 5.56 Å². The summed E-state index contributed by atoms with van der Waals surface area (Å²) in [5.41, 5.74) is 2.98. The first-order valence-electron chi connectivity index (χ1n) is 6.13. The van der Waals surface area contributed by atoms with E-state index in [2.05, 4.69) is 10.6 Å². The van der Waals surface area contributed by atoms with Gasteiger partial charge in [-0.2, -0.15) is 0 Å². The highest BCUT2D eigenvalue weighted by molar-refractivity contribution is 6.30. The van der Waals surface area contributed by atoms with E-state index in [1.807, 2.05) is 24.3 Å². The second kappa shape index (κ2) is 6.16. The highest BCUT2D eigenvalue weighted by Gasteiger charge is 2.26. The Bertz CT molecular complexity index is 589. The SMILES string of the molecule is Cl.O=C(Nc1ccc(Cl)cc1)C1Cc2ccccc2N1. The molecule has 1 aliphatic rings. The molecule has 1 amide bonds. The number of amides is 1. The Labute approximate surface area is 128 Å². The van der Waals surface area contributed by atoms with Crippen molar-refractivity contribution in [3.63, 3.8) is 0 Å². The van der Waals surface area contributed by atoms with E-state index >= 15 is 0 Å². The average molecular weight is 309 g/mol. The molecule has 0 aromatic heterocycles. The number of para-hydroxylation sites is 1. The van der Waals surface area contributed by atoms with E-state index in [0.717, 1.165) is 17.8 Å². The minimum atomic E-state index is -0.215. The molecule has 3 rings (SSSR count). The minimum Gasteiger partial charge on any atom is -0.373 e. The van der Waals surface area contributed by atoms with Gasteiger partial charge in [0, 0.05) is 22.8 Å². The van der Waals surface area contributed by atoms with E-state index in [0.29, 0.717) is 5.02 Å². The summed E-state index contributed by atoms with van der Waals surface area (Å²) in [6, 6.07) is 14.9. The van der Waals surface area contributed by atoms with Gasteiger partial charge in [0.15, 0.2) is 0 Å². The molecule has 0 bridgehead atoms. The zero-order valence-corrected chi connectivity index (χ0v) is 12.2. The van der Waals surface area contributed by atoms with E-state index in [4.69, 9.17) is 11.6 Å². The summed E-state index contributed by atoms with van der Waals surface area (Å²) in [4.78, 5) is 12.2. The van der Waals surface area contributed by atoms with E-state index in [-0.39, 0.29) is 24.4 Å². The first kappa shape index (κ1) is 14.7. The summed E-state index contributed by atoms with van der Waals surface area (Å²) in [5.74, 6) is -0.0291. The van der Waals surface area contributed by atoms with Crippen LogP contribution in [0.25, 0.3) is 0 Å². The fraction of sp³-hybridized carbons (Fsp3) is 0.133. The molecular weight excluding hydrogens is 295 g/mol. The summed E-state index contributed by atoms with van der Waals surface area (Å²) in [6.07, 6.45) is 0.718. The highest BCUT2D eigenvalue weighted by Crippen LogP contribution is 2.25. The van der Waals surface area contributed by atoms with Gasteiger partial charge in [0.25, 0.3) is 0 Å². The highest BCUT2D eigenvalue weighted by atomic mass is 35.5. The molecule has 3 nitrogen and oxygen atoms in total. The molecule has 0 saturated carbocycles. The van der Waals surface area contributed by atoms with Gasteiger partial charge < -0.3 is 10.6 Å². The third-order valence-electron chi connectivity index (χ3n) is 3.20. The number of benzene rings is 2. The topological polar surface area (TPSA) is 41.1 Å². The van der Waals surface area contributed by atoms with Crippen molar-refractivity contribution < 1.29 is 4.79 Å². The van der Waals surface area contributed by atoms with Crippen molar-refractivity contribution in [2.24, 2.45) is 0 Å².